The molecule has 5 heteroatoms. The van der Waals surface area contributed by atoms with Crippen molar-refractivity contribution < 1.29 is 4.74 Å². The van der Waals surface area contributed by atoms with Gasteiger partial charge in [-0.1, -0.05) is 30.7 Å². The monoisotopic (exact) mass is 353 g/mol. The van der Waals surface area contributed by atoms with Gasteiger partial charge in [0.15, 0.2) is 0 Å². The highest BCUT2D eigenvalue weighted by molar-refractivity contribution is 6.31. The van der Waals surface area contributed by atoms with Gasteiger partial charge in [0.05, 0.1) is 12.8 Å². The smallest absolute Gasteiger partial charge is 0.133 e. The maximum absolute atomic E-state index is 6.23. The first-order valence-electron chi connectivity index (χ1n) is 8.50. The van der Waals surface area contributed by atoms with E-state index >= 15 is 0 Å². The molecular formula is C20H20ClN3O. The van der Waals surface area contributed by atoms with E-state index in [4.69, 9.17) is 21.4 Å². The first kappa shape index (κ1) is 16.0. The molecular weight excluding hydrogens is 334 g/mol. The van der Waals surface area contributed by atoms with E-state index in [-0.39, 0.29) is 0 Å². The van der Waals surface area contributed by atoms with E-state index in [0.29, 0.717) is 5.02 Å². The maximum atomic E-state index is 6.23. The molecule has 1 N–H and O–H groups in total. The highest BCUT2D eigenvalue weighted by Gasteiger charge is 2.25. The van der Waals surface area contributed by atoms with E-state index in [9.17, 15) is 0 Å². The van der Waals surface area contributed by atoms with Crippen molar-refractivity contribution in [3.05, 3.63) is 58.6 Å². The molecule has 1 aliphatic heterocycles. The van der Waals surface area contributed by atoms with Gasteiger partial charge in [-0.25, -0.2) is 4.68 Å². The largest absolute Gasteiger partial charge is 0.496 e. The van der Waals surface area contributed by atoms with Crippen molar-refractivity contribution in [2.24, 2.45) is 0 Å². The molecule has 0 bridgehead atoms. The lowest BCUT2D eigenvalue weighted by molar-refractivity contribution is 0.416. The minimum absolute atomic E-state index is 0.678. The fraction of sp³-hybridized carbons (Fsp3) is 0.250. The molecule has 1 aromatic heterocycles. The second kappa shape index (κ2) is 6.45. The number of ether oxygens (including phenoxy) is 1. The third kappa shape index (κ3) is 2.76. The second-order valence-corrected chi connectivity index (χ2v) is 6.57. The molecule has 0 spiro atoms. The summed E-state index contributed by atoms with van der Waals surface area (Å²) < 4.78 is 7.52. The average Bonchev–Trinajstić information content (AvgIpc) is 3.24. The zero-order valence-corrected chi connectivity index (χ0v) is 15.1. The fourth-order valence-corrected chi connectivity index (χ4v) is 3.49. The van der Waals surface area contributed by atoms with Crippen LogP contribution in [0.3, 0.4) is 0 Å². The zero-order valence-electron chi connectivity index (χ0n) is 14.3. The van der Waals surface area contributed by atoms with Gasteiger partial charge in [-0.3, -0.25) is 0 Å². The predicted octanol–water partition coefficient (Wildman–Crippen LogP) is 4.73. The number of methoxy groups -OCH3 is 1. The van der Waals surface area contributed by atoms with E-state index in [0.717, 1.165) is 47.9 Å². The van der Waals surface area contributed by atoms with Crippen LogP contribution >= 0.6 is 11.6 Å². The van der Waals surface area contributed by atoms with Crippen molar-refractivity contribution in [2.75, 3.05) is 19.0 Å². The lowest BCUT2D eigenvalue weighted by Crippen LogP contribution is -2.04. The van der Waals surface area contributed by atoms with Crippen LogP contribution in [0.2, 0.25) is 5.02 Å². The molecule has 1 aliphatic rings. The minimum Gasteiger partial charge on any atom is -0.496 e. The van der Waals surface area contributed by atoms with Crippen LogP contribution in [0.4, 0.5) is 5.82 Å². The van der Waals surface area contributed by atoms with E-state index < -0.39 is 0 Å². The van der Waals surface area contributed by atoms with E-state index in [1.807, 2.05) is 22.9 Å². The number of hydrogen-bond acceptors (Lipinski definition) is 3. The first-order chi connectivity index (χ1) is 12.2. The van der Waals surface area contributed by atoms with E-state index in [1.54, 1.807) is 7.11 Å². The van der Waals surface area contributed by atoms with Gasteiger partial charge >= 0.3 is 0 Å². The van der Waals surface area contributed by atoms with Crippen LogP contribution in [-0.2, 0) is 12.8 Å². The Morgan fingerprint density at radius 2 is 2.00 bits per heavy atom. The van der Waals surface area contributed by atoms with Crippen molar-refractivity contribution in [3.8, 4) is 22.7 Å². The Balaban J connectivity index is 1.87. The van der Waals surface area contributed by atoms with Gasteiger partial charge < -0.3 is 10.1 Å². The Morgan fingerprint density at radius 3 is 2.72 bits per heavy atom. The summed E-state index contributed by atoms with van der Waals surface area (Å²) in [5.74, 6) is 1.84. The minimum atomic E-state index is 0.678. The summed E-state index contributed by atoms with van der Waals surface area (Å²) in [6.07, 6.45) is 1.97. The van der Waals surface area contributed by atoms with Crippen molar-refractivity contribution >= 4 is 17.4 Å². The predicted molar refractivity (Wildman–Crippen MR) is 102 cm³/mol. The molecule has 0 saturated heterocycles. The second-order valence-electron chi connectivity index (χ2n) is 6.13. The fourth-order valence-electron chi connectivity index (χ4n) is 3.32. The average molecular weight is 354 g/mol. The molecule has 0 radical (unpaired) electrons. The normalized spacial score (nSPS) is 12.8. The van der Waals surface area contributed by atoms with Gasteiger partial charge in [-0.2, -0.15) is 5.10 Å². The highest BCUT2D eigenvalue weighted by Crippen LogP contribution is 2.39. The summed E-state index contributed by atoms with van der Waals surface area (Å²) >= 11 is 6.23. The third-order valence-corrected chi connectivity index (χ3v) is 4.89. The van der Waals surface area contributed by atoms with Crippen molar-refractivity contribution in [3.63, 3.8) is 0 Å². The lowest BCUT2D eigenvalue weighted by atomic mass is 10.1. The molecule has 0 saturated carbocycles. The van der Waals surface area contributed by atoms with Gasteiger partial charge in [0.25, 0.3) is 0 Å². The SMILES string of the molecule is CCc1ccc(-n2nc(-c3cc(Cl)ccc3OC)c3c2NCC3)cc1. The molecule has 4 nitrogen and oxygen atoms in total. The third-order valence-electron chi connectivity index (χ3n) is 4.66. The number of halogens is 1. The number of rotatable bonds is 4. The first-order valence-corrected chi connectivity index (χ1v) is 8.88. The molecule has 0 amide bonds. The molecule has 2 aromatic carbocycles. The maximum Gasteiger partial charge on any atom is 0.133 e. The highest BCUT2D eigenvalue weighted by atomic mass is 35.5. The summed E-state index contributed by atoms with van der Waals surface area (Å²) in [7, 11) is 1.67. The van der Waals surface area contributed by atoms with Crippen LogP contribution in [0, 0.1) is 0 Å². The molecule has 4 rings (SSSR count). The molecule has 128 valence electrons. The Morgan fingerprint density at radius 1 is 1.20 bits per heavy atom. The van der Waals surface area contributed by atoms with Crippen LogP contribution in [-0.4, -0.2) is 23.4 Å². The number of benzene rings is 2. The Hall–Kier alpha value is -2.46. The van der Waals surface area contributed by atoms with Crippen molar-refractivity contribution in [1.29, 1.82) is 0 Å². The summed E-state index contributed by atoms with van der Waals surface area (Å²) in [6.45, 7) is 3.07. The van der Waals surface area contributed by atoms with E-state index in [2.05, 4.69) is 36.5 Å². The van der Waals surface area contributed by atoms with Gasteiger partial charge in [-0.15, -0.1) is 0 Å². The molecule has 3 aromatic rings. The number of anilines is 1. The van der Waals surface area contributed by atoms with E-state index in [1.165, 1.54) is 11.1 Å². The van der Waals surface area contributed by atoms with Gasteiger partial charge in [-0.05, 0) is 48.7 Å². The van der Waals surface area contributed by atoms with Gasteiger partial charge in [0, 0.05) is 22.7 Å². The molecule has 0 unspecified atom stereocenters. The van der Waals surface area contributed by atoms with Crippen LogP contribution in [0.15, 0.2) is 42.5 Å². The number of aryl methyl sites for hydroxylation is 1. The summed E-state index contributed by atoms with van der Waals surface area (Å²) in [5.41, 5.74) is 5.44. The summed E-state index contributed by atoms with van der Waals surface area (Å²) in [5, 5.41) is 9.04. The van der Waals surface area contributed by atoms with Gasteiger partial charge in [0.1, 0.15) is 17.3 Å². The van der Waals surface area contributed by atoms with Crippen molar-refractivity contribution in [2.45, 2.75) is 19.8 Å². The molecule has 0 fully saturated rings. The number of nitrogens with one attached hydrogen (secondary N) is 1. The van der Waals surface area contributed by atoms with Crippen LogP contribution in [0.25, 0.3) is 16.9 Å². The number of fused-ring (bicyclic) bond motifs is 1. The van der Waals surface area contributed by atoms with Crippen LogP contribution in [0.1, 0.15) is 18.1 Å². The number of aromatic nitrogens is 2. The molecule has 0 aliphatic carbocycles. The number of hydrogen-bond donors (Lipinski definition) is 1. The summed E-state index contributed by atoms with van der Waals surface area (Å²) in [6, 6.07) is 14.2. The van der Waals surface area contributed by atoms with Crippen molar-refractivity contribution in [1.82, 2.24) is 9.78 Å². The molecule has 25 heavy (non-hydrogen) atoms. The number of nitrogens with zero attached hydrogens (tertiary/aromatic N) is 2. The standard InChI is InChI=1S/C20H20ClN3O/c1-3-13-4-7-15(8-5-13)24-20-16(10-11-22-20)19(23-24)17-12-14(21)6-9-18(17)25-2/h4-9,12,22H,3,10-11H2,1-2H3. The Bertz CT molecular complexity index is 915. The molecule has 2 heterocycles. The molecule has 0 atom stereocenters. The Kier molecular flexibility index (Phi) is 4.14. The van der Waals surface area contributed by atoms with Crippen LogP contribution < -0.4 is 10.1 Å². The quantitative estimate of drug-likeness (QED) is 0.736. The zero-order chi connectivity index (χ0) is 17.4. The van der Waals surface area contributed by atoms with Crippen LogP contribution in [0.5, 0.6) is 5.75 Å². The summed E-state index contributed by atoms with van der Waals surface area (Å²) in [4.78, 5) is 0. The van der Waals surface area contributed by atoms with Gasteiger partial charge in [0.2, 0.25) is 0 Å². The lowest BCUT2D eigenvalue weighted by Gasteiger charge is -2.09. The topological polar surface area (TPSA) is 39.1 Å². The Labute approximate surface area is 152 Å².